The standard InChI is InChI=1S/C16H28N6O8/c1-6(17)13(26)21-9(5-11(19)25)14(27)22-12(7(2)23)15(28)20-8(16(29)30)3-4-10(18)24/h6-9,12,23H,3-5,17H2,1-2H3,(H2,18,24)(H2,19,25)(H,20,28)(H,21,26)(H,22,27)(H,29,30). The Hall–Kier alpha value is -3.26. The van der Waals surface area contributed by atoms with Crippen LogP contribution in [0.2, 0.25) is 0 Å². The van der Waals surface area contributed by atoms with Crippen LogP contribution in [0.3, 0.4) is 0 Å². The predicted octanol–water partition coefficient (Wildman–Crippen LogP) is -4.61. The van der Waals surface area contributed by atoms with Crippen molar-refractivity contribution in [1.82, 2.24) is 16.0 Å². The van der Waals surface area contributed by atoms with E-state index in [-0.39, 0.29) is 12.8 Å². The van der Waals surface area contributed by atoms with Crippen LogP contribution >= 0.6 is 0 Å². The van der Waals surface area contributed by atoms with E-state index in [1.165, 1.54) is 6.92 Å². The minimum atomic E-state index is -1.64. The summed E-state index contributed by atoms with van der Waals surface area (Å²) in [7, 11) is 0. The van der Waals surface area contributed by atoms with E-state index in [1.54, 1.807) is 0 Å². The molecule has 14 heteroatoms. The molecule has 170 valence electrons. The van der Waals surface area contributed by atoms with Crippen molar-refractivity contribution in [2.75, 3.05) is 0 Å². The van der Waals surface area contributed by atoms with Crippen LogP contribution in [0.1, 0.15) is 33.1 Å². The van der Waals surface area contributed by atoms with Gasteiger partial charge in [0.15, 0.2) is 0 Å². The molecule has 0 aromatic carbocycles. The highest BCUT2D eigenvalue weighted by molar-refractivity contribution is 5.96. The summed E-state index contributed by atoms with van der Waals surface area (Å²) < 4.78 is 0. The molecule has 5 unspecified atom stereocenters. The van der Waals surface area contributed by atoms with E-state index in [2.05, 4.69) is 16.0 Å². The molecule has 5 amide bonds. The number of hydrogen-bond donors (Lipinski definition) is 8. The van der Waals surface area contributed by atoms with E-state index in [9.17, 15) is 33.9 Å². The number of carboxylic acids is 1. The molecule has 5 atom stereocenters. The first-order valence-electron chi connectivity index (χ1n) is 8.90. The summed E-state index contributed by atoms with van der Waals surface area (Å²) in [4.78, 5) is 69.9. The monoisotopic (exact) mass is 432 g/mol. The summed E-state index contributed by atoms with van der Waals surface area (Å²) in [6.45, 7) is 2.48. The van der Waals surface area contributed by atoms with Crippen LogP contribution in [0.25, 0.3) is 0 Å². The molecule has 0 bridgehead atoms. The second-order valence-electron chi connectivity index (χ2n) is 6.65. The molecule has 0 aromatic heterocycles. The zero-order chi connectivity index (χ0) is 23.6. The molecule has 11 N–H and O–H groups in total. The van der Waals surface area contributed by atoms with E-state index >= 15 is 0 Å². The number of primary amides is 2. The van der Waals surface area contributed by atoms with Gasteiger partial charge in [0, 0.05) is 6.42 Å². The van der Waals surface area contributed by atoms with E-state index in [4.69, 9.17) is 22.3 Å². The molecule has 0 radical (unpaired) electrons. The Balaban J connectivity index is 5.36. The van der Waals surface area contributed by atoms with Crippen molar-refractivity contribution >= 4 is 35.5 Å². The Labute approximate surface area is 171 Å². The van der Waals surface area contributed by atoms with Gasteiger partial charge in [-0.3, -0.25) is 24.0 Å². The number of amides is 5. The third kappa shape index (κ3) is 9.79. The number of nitrogens with two attached hydrogens (primary N) is 3. The van der Waals surface area contributed by atoms with Gasteiger partial charge in [-0.15, -0.1) is 0 Å². The lowest BCUT2D eigenvalue weighted by Gasteiger charge is -2.26. The summed E-state index contributed by atoms with van der Waals surface area (Å²) in [5, 5.41) is 25.4. The largest absolute Gasteiger partial charge is 0.480 e. The summed E-state index contributed by atoms with van der Waals surface area (Å²) in [6.07, 6.45) is -2.74. The van der Waals surface area contributed by atoms with Gasteiger partial charge in [-0.1, -0.05) is 0 Å². The first kappa shape index (κ1) is 26.7. The molecule has 0 aliphatic carbocycles. The second-order valence-corrected chi connectivity index (χ2v) is 6.65. The molecule has 0 heterocycles. The van der Waals surface area contributed by atoms with Crippen molar-refractivity contribution in [2.24, 2.45) is 17.2 Å². The SMILES string of the molecule is CC(N)C(=O)NC(CC(N)=O)C(=O)NC(C(=O)NC(CCC(N)=O)C(=O)O)C(C)O. The number of aliphatic carboxylic acids is 1. The lowest BCUT2D eigenvalue weighted by Crippen LogP contribution is -2.60. The van der Waals surface area contributed by atoms with Crippen LogP contribution in [0.5, 0.6) is 0 Å². The normalized spacial score (nSPS) is 15.6. The Morgan fingerprint density at radius 2 is 1.37 bits per heavy atom. The average Bonchev–Trinajstić information content (AvgIpc) is 2.60. The molecule has 30 heavy (non-hydrogen) atoms. The number of nitrogens with one attached hydrogen (secondary N) is 3. The summed E-state index contributed by atoms with van der Waals surface area (Å²) >= 11 is 0. The topological polar surface area (TPSA) is 257 Å². The van der Waals surface area contributed by atoms with Crippen molar-refractivity contribution < 1.29 is 39.0 Å². The van der Waals surface area contributed by atoms with E-state index < -0.39 is 72.2 Å². The molecular weight excluding hydrogens is 404 g/mol. The molecule has 0 saturated carbocycles. The van der Waals surface area contributed by atoms with Crippen LogP contribution in [-0.2, 0) is 28.8 Å². The first-order chi connectivity index (χ1) is 13.8. The smallest absolute Gasteiger partial charge is 0.326 e. The quantitative estimate of drug-likeness (QED) is 0.139. The zero-order valence-corrected chi connectivity index (χ0v) is 16.6. The number of aliphatic hydroxyl groups is 1. The lowest BCUT2D eigenvalue weighted by atomic mass is 10.1. The van der Waals surface area contributed by atoms with Crippen LogP contribution < -0.4 is 33.2 Å². The molecule has 0 spiro atoms. The molecule has 0 saturated heterocycles. The van der Waals surface area contributed by atoms with Crippen molar-refractivity contribution in [1.29, 1.82) is 0 Å². The van der Waals surface area contributed by atoms with E-state index in [1.807, 2.05) is 0 Å². The highest BCUT2D eigenvalue weighted by atomic mass is 16.4. The number of rotatable bonds is 13. The number of carboxylic acid groups (broad SMARTS) is 1. The highest BCUT2D eigenvalue weighted by Crippen LogP contribution is 2.02. The van der Waals surface area contributed by atoms with Crippen LogP contribution in [0.15, 0.2) is 0 Å². The van der Waals surface area contributed by atoms with Gasteiger partial charge >= 0.3 is 5.97 Å². The fourth-order valence-corrected chi connectivity index (χ4v) is 2.18. The maximum absolute atomic E-state index is 12.4. The number of carbonyl (C=O) groups is 6. The van der Waals surface area contributed by atoms with E-state index in [0.29, 0.717) is 0 Å². The highest BCUT2D eigenvalue weighted by Gasteiger charge is 2.33. The maximum Gasteiger partial charge on any atom is 0.326 e. The fourth-order valence-electron chi connectivity index (χ4n) is 2.18. The third-order valence-electron chi connectivity index (χ3n) is 3.81. The molecule has 0 aliphatic rings. The summed E-state index contributed by atoms with van der Waals surface area (Å²) in [5.74, 6) is -6.06. The Kier molecular flexibility index (Phi) is 11.0. The number of carbonyl (C=O) groups excluding carboxylic acids is 5. The maximum atomic E-state index is 12.4. The predicted molar refractivity (Wildman–Crippen MR) is 101 cm³/mol. The number of hydrogen-bond acceptors (Lipinski definition) is 8. The first-order valence-corrected chi connectivity index (χ1v) is 8.90. The fraction of sp³-hybridized carbons (Fsp3) is 0.625. The third-order valence-corrected chi connectivity index (χ3v) is 3.81. The lowest BCUT2D eigenvalue weighted by molar-refractivity contribution is -0.143. The van der Waals surface area contributed by atoms with Crippen LogP contribution in [-0.4, -0.2) is 76.0 Å². The van der Waals surface area contributed by atoms with Crippen molar-refractivity contribution in [3.05, 3.63) is 0 Å². The van der Waals surface area contributed by atoms with Gasteiger partial charge < -0.3 is 43.4 Å². The molecule has 14 nitrogen and oxygen atoms in total. The molecular formula is C16H28N6O8. The Bertz CT molecular complexity index is 681. The second kappa shape index (κ2) is 12.3. The minimum Gasteiger partial charge on any atom is -0.480 e. The van der Waals surface area contributed by atoms with Gasteiger partial charge in [0.2, 0.25) is 29.5 Å². The minimum absolute atomic E-state index is 0.314. The van der Waals surface area contributed by atoms with Gasteiger partial charge in [-0.05, 0) is 20.3 Å². The van der Waals surface area contributed by atoms with E-state index in [0.717, 1.165) is 6.92 Å². The van der Waals surface area contributed by atoms with Gasteiger partial charge in [0.25, 0.3) is 0 Å². The summed E-state index contributed by atoms with van der Waals surface area (Å²) in [6, 6.07) is -5.65. The molecule has 0 fully saturated rings. The Morgan fingerprint density at radius 3 is 1.77 bits per heavy atom. The van der Waals surface area contributed by atoms with Gasteiger partial charge in [-0.2, -0.15) is 0 Å². The van der Waals surface area contributed by atoms with Gasteiger partial charge in [0.1, 0.15) is 18.1 Å². The zero-order valence-electron chi connectivity index (χ0n) is 16.6. The van der Waals surface area contributed by atoms with Gasteiger partial charge in [-0.25, -0.2) is 4.79 Å². The molecule has 0 rings (SSSR count). The van der Waals surface area contributed by atoms with Crippen molar-refractivity contribution in [2.45, 2.75) is 63.4 Å². The molecule has 0 aromatic rings. The summed E-state index contributed by atoms with van der Waals surface area (Å²) in [5.41, 5.74) is 15.4. The Morgan fingerprint density at radius 1 is 0.833 bits per heavy atom. The molecule has 0 aliphatic heterocycles. The van der Waals surface area contributed by atoms with Gasteiger partial charge in [0.05, 0.1) is 18.6 Å². The average molecular weight is 432 g/mol. The van der Waals surface area contributed by atoms with Crippen LogP contribution in [0, 0.1) is 0 Å². The van der Waals surface area contributed by atoms with Crippen molar-refractivity contribution in [3.8, 4) is 0 Å². The van der Waals surface area contributed by atoms with Crippen molar-refractivity contribution in [3.63, 3.8) is 0 Å². The van der Waals surface area contributed by atoms with Crippen LogP contribution in [0.4, 0.5) is 0 Å². The number of aliphatic hydroxyl groups excluding tert-OH is 1.